The number of furan rings is 1. The number of hydrogen-bond acceptors (Lipinski definition) is 3. The molecule has 0 unspecified atom stereocenters. The van der Waals surface area contributed by atoms with E-state index in [0.717, 1.165) is 55.2 Å². The van der Waals surface area contributed by atoms with E-state index in [4.69, 9.17) is 12.1 Å². The molecular formula is C48H42FIrN3OSi-2. The Bertz CT molecular complexity index is 2880. The zero-order chi connectivity index (χ0) is 39.4. The number of nitrogens with zero attached hydrogens (tertiary/aromatic N) is 3. The van der Waals surface area contributed by atoms with Crippen molar-refractivity contribution in [1.29, 1.82) is 0 Å². The van der Waals surface area contributed by atoms with Crippen LogP contribution in [0.1, 0.15) is 29.1 Å². The minimum atomic E-state index is -1.77. The third-order valence-electron chi connectivity index (χ3n) is 9.38. The van der Waals surface area contributed by atoms with Crippen molar-refractivity contribution in [3.63, 3.8) is 0 Å². The van der Waals surface area contributed by atoms with Crippen LogP contribution in [-0.2, 0) is 26.5 Å². The van der Waals surface area contributed by atoms with Gasteiger partial charge >= 0.3 is 0 Å². The first-order chi connectivity index (χ1) is 26.7. The number of aromatic nitrogens is 3. The van der Waals surface area contributed by atoms with E-state index in [1.165, 1.54) is 22.9 Å². The summed E-state index contributed by atoms with van der Waals surface area (Å²) in [6.45, 7) is 12.3. The van der Waals surface area contributed by atoms with Crippen LogP contribution in [-0.4, -0.2) is 22.6 Å². The first-order valence-electron chi connectivity index (χ1n) is 19.2. The number of pyridine rings is 1. The molecule has 4 nitrogen and oxygen atoms in total. The molecule has 9 rings (SSSR count). The van der Waals surface area contributed by atoms with Crippen molar-refractivity contribution in [3.8, 4) is 28.3 Å². The molecule has 0 spiro atoms. The van der Waals surface area contributed by atoms with Crippen LogP contribution in [0.3, 0.4) is 0 Å². The second-order valence-corrected chi connectivity index (χ2v) is 20.7. The number of benzene rings is 6. The zero-order valence-corrected chi connectivity index (χ0v) is 35.1. The van der Waals surface area contributed by atoms with E-state index in [-0.39, 0.29) is 25.9 Å². The fourth-order valence-corrected chi connectivity index (χ4v) is 8.31. The van der Waals surface area contributed by atoms with Gasteiger partial charge in [0.15, 0.2) is 0 Å². The van der Waals surface area contributed by atoms with Crippen molar-refractivity contribution in [1.82, 2.24) is 14.5 Å². The predicted octanol–water partition coefficient (Wildman–Crippen LogP) is 12.4. The Morgan fingerprint density at radius 2 is 1.47 bits per heavy atom. The van der Waals surface area contributed by atoms with E-state index in [2.05, 4.69) is 114 Å². The molecule has 0 bridgehead atoms. The number of rotatable bonds is 5. The molecule has 55 heavy (non-hydrogen) atoms. The third kappa shape index (κ3) is 7.83. The summed E-state index contributed by atoms with van der Waals surface area (Å²) in [5.74, 6) is 0.525. The molecule has 0 aliphatic rings. The zero-order valence-electron chi connectivity index (χ0n) is 33.7. The van der Waals surface area contributed by atoms with Crippen molar-refractivity contribution < 1.29 is 31.7 Å². The SMILES string of the molecule is [2H]C([2H])(c1cc(-c2[c-]cc(F)cc2)ncc1[Si](C)(C)C)C(C)(C)C.[Ir].[c-]1cc2oc3ccccc3c2cc1-c1nc2ccc3ccccc3c2n1-c1ccccc1. The van der Waals surface area contributed by atoms with Crippen LogP contribution in [0.15, 0.2) is 138 Å². The molecule has 1 radical (unpaired) electrons. The van der Waals surface area contributed by atoms with E-state index in [1.807, 2.05) is 57.2 Å². The smallest absolute Gasteiger partial charge is 0.120 e. The summed E-state index contributed by atoms with van der Waals surface area (Å²) < 4.78 is 38.9. The summed E-state index contributed by atoms with van der Waals surface area (Å²) in [4.78, 5) is 9.60. The molecular weight excluding hydrogens is 874 g/mol. The summed E-state index contributed by atoms with van der Waals surface area (Å²) in [5.41, 5.74) is 7.25. The maximum absolute atomic E-state index is 13.1. The largest absolute Gasteiger partial charge is 0.500 e. The molecule has 277 valence electrons. The maximum Gasteiger partial charge on any atom is 0.120 e. The van der Waals surface area contributed by atoms with E-state index < -0.39 is 19.9 Å². The molecule has 6 aromatic carbocycles. The third-order valence-corrected chi connectivity index (χ3v) is 11.4. The second kappa shape index (κ2) is 15.1. The average Bonchev–Trinajstić information content (AvgIpc) is 3.77. The quantitative estimate of drug-likeness (QED) is 0.128. The Morgan fingerprint density at radius 3 is 2.20 bits per heavy atom. The monoisotopic (exact) mass is 918 g/mol. The van der Waals surface area contributed by atoms with Gasteiger partial charge in [-0.15, -0.1) is 53.6 Å². The Kier molecular flexibility index (Phi) is 9.77. The van der Waals surface area contributed by atoms with Gasteiger partial charge in [0.1, 0.15) is 5.58 Å². The topological polar surface area (TPSA) is 43.9 Å². The van der Waals surface area contributed by atoms with Crippen molar-refractivity contribution in [2.24, 2.45) is 5.41 Å². The molecule has 0 saturated carbocycles. The van der Waals surface area contributed by atoms with Crippen LogP contribution in [0, 0.1) is 23.4 Å². The van der Waals surface area contributed by atoms with E-state index >= 15 is 0 Å². The summed E-state index contributed by atoms with van der Waals surface area (Å²) in [5, 5.41) is 5.58. The number of halogens is 1. The molecule has 0 atom stereocenters. The molecule has 9 aromatic rings. The summed E-state index contributed by atoms with van der Waals surface area (Å²) >= 11 is 0. The number of para-hydroxylation sites is 2. The average molecular weight is 918 g/mol. The van der Waals surface area contributed by atoms with Gasteiger partial charge in [-0.1, -0.05) is 124 Å². The van der Waals surface area contributed by atoms with Gasteiger partial charge in [-0.2, -0.15) is 0 Å². The van der Waals surface area contributed by atoms with Gasteiger partial charge in [0.05, 0.1) is 30.5 Å². The fourth-order valence-electron chi connectivity index (χ4n) is 6.92. The Labute approximate surface area is 339 Å². The first-order valence-corrected chi connectivity index (χ1v) is 21.7. The summed E-state index contributed by atoms with van der Waals surface area (Å²) in [6.07, 6.45) is 0.304. The Balaban J connectivity index is 0.000000179. The molecule has 0 saturated heterocycles. The fraction of sp³-hybridized carbons (Fsp3) is 0.167. The number of hydrogen-bond donors (Lipinski definition) is 0. The molecule has 7 heteroatoms. The standard InChI is InChI=1S/C29H17N2O.C19H25FNSi.Ir/c1-2-9-21(10-3-1)31-28-22-11-5-4-8-19(22)14-16-25(28)30-29(31)20-15-17-27-24(18-20)23-12-6-7-13-26(23)32-27;1-19(2,3)12-15-11-17(14-7-9-16(20)10-8-14)21-13-18(15)22(4,5)6;/h1-14,16-18H;7,9-11,13H,12H2,1-6H3;/q2*-1;/i;12D2;. The van der Waals surface area contributed by atoms with Gasteiger partial charge in [0, 0.05) is 51.3 Å². The van der Waals surface area contributed by atoms with Gasteiger partial charge in [0.25, 0.3) is 0 Å². The predicted molar refractivity (Wildman–Crippen MR) is 225 cm³/mol. The maximum atomic E-state index is 13.1. The normalized spacial score (nSPS) is 12.6. The first kappa shape index (κ1) is 35.5. The molecule has 3 heterocycles. The van der Waals surface area contributed by atoms with Gasteiger partial charge < -0.3 is 14.0 Å². The number of fused-ring (bicyclic) bond motifs is 6. The molecule has 0 amide bonds. The van der Waals surface area contributed by atoms with Crippen molar-refractivity contribution in [2.75, 3.05) is 0 Å². The molecule has 3 aromatic heterocycles. The van der Waals surface area contributed by atoms with Crippen LogP contribution in [0.25, 0.3) is 72.1 Å². The van der Waals surface area contributed by atoms with E-state index in [9.17, 15) is 4.39 Å². The van der Waals surface area contributed by atoms with Crippen LogP contribution in [0.5, 0.6) is 0 Å². The van der Waals surface area contributed by atoms with Crippen molar-refractivity contribution in [2.45, 2.75) is 46.8 Å². The van der Waals surface area contributed by atoms with Gasteiger partial charge in [-0.25, -0.2) is 0 Å². The van der Waals surface area contributed by atoms with Crippen LogP contribution >= 0.6 is 0 Å². The van der Waals surface area contributed by atoms with Crippen molar-refractivity contribution >= 4 is 57.0 Å². The summed E-state index contributed by atoms with van der Waals surface area (Å²) in [6, 6.07) is 47.7. The second-order valence-electron chi connectivity index (χ2n) is 15.6. The molecule has 0 aliphatic carbocycles. The van der Waals surface area contributed by atoms with Gasteiger partial charge in [-0.3, -0.25) is 9.37 Å². The van der Waals surface area contributed by atoms with E-state index in [0.29, 0.717) is 16.8 Å². The van der Waals surface area contributed by atoms with Crippen LogP contribution in [0.4, 0.5) is 4.39 Å². The van der Waals surface area contributed by atoms with E-state index in [1.54, 1.807) is 12.3 Å². The Morgan fingerprint density at radius 1 is 0.764 bits per heavy atom. The van der Waals surface area contributed by atoms with Crippen LogP contribution < -0.4 is 5.19 Å². The minimum Gasteiger partial charge on any atom is -0.500 e. The number of imidazole rings is 1. The molecule has 0 N–H and O–H groups in total. The minimum absolute atomic E-state index is 0. The molecule has 0 aliphatic heterocycles. The van der Waals surface area contributed by atoms with Crippen molar-refractivity contribution in [3.05, 3.63) is 157 Å². The van der Waals surface area contributed by atoms with Gasteiger partial charge in [-0.05, 0) is 52.3 Å². The summed E-state index contributed by atoms with van der Waals surface area (Å²) in [7, 11) is -1.77. The van der Waals surface area contributed by atoms with Crippen LogP contribution in [0.2, 0.25) is 19.6 Å². The van der Waals surface area contributed by atoms with Gasteiger partial charge in [0.2, 0.25) is 0 Å². The Hall–Kier alpha value is -5.20. The molecule has 0 fully saturated rings.